The van der Waals surface area contributed by atoms with E-state index >= 15 is 0 Å². The molecular formula is C16H28IN3O2. The predicted octanol–water partition coefficient (Wildman–Crippen LogP) is 2.15. The van der Waals surface area contributed by atoms with E-state index in [-0.39, 0.29) is 30.6 Å². The van der Waals surface area contributed by atoms with Crippen molar-refractivity contribution >= 4 is 29.9 Å². The second-order valence-electron chi connectivity index (χ2n) is 5.17. The number of hydrogen-bond donors (Lipinski definition) is 3. The molecule has 0 aromatic heterocycles. The highest BCUT2D eigenvalue weighted by molar-refractivity contribution is 14.0. The maximum Gasteiger partial charge on any atom is 0.191 e. The molecule has 1 aromatic rings. The molecule has 0 spiro atoms. The lowest BCUT2D eigenvalue weighted by molar-refractivity contribution is 0.0331. The summed E-state index contributed by atoms with van der Waals surface area (Å²) in [7, 11) is 0. The van der Waals surface area contributed by atoms with Gasteiger partial charge in [-0.05, 0) is 26.3 Å². The van der Waals surface area contributed by atoms with Crippen LogP contribution in [-0.2, 0) is 11.3 Å². The van der Waals surface area contributed by atoms with Crippen LogP contribution in [0, 0.1) is 0 Å². The molecule has 0 radical (unpaired) electrons. The Morgan fingerprint density at radius 2 is 1.95 bits per heavy atom. The molecular weight excluding hydrogens is 393 g/mol. The third kappa shape index (κ3) is 9.97. The van der Waals surface area contributed by atoms with E-state index in [1.165, 1.54) is 0 Å². The van der Waals surface area contributed by atoms with Crippen LogP contribution in [-0.4, -0.2) is 42.9 Å². The van der Waals surface area contributed by atoms with Crippen LogP contribution < -0.4 is 10.6 Å². The Kier molecular flexibility index (Phi) is 12.2. The third-order valence-electron chi connectivity index (χ3n) is 2.65. The van der Waals surface area contributed by atoms with Crippen LogP contribution in [0.15, 0.2) is 35.3 Å². The minimum atomic E-state index is -0.601. The van der Waals surface area contributed by atoms with Gasteiger partial charge in [0.25, 0.3) is 0 Å². The molecule has 0 aliphatic rings. The number of aliphatic imine (C=N–C) groups is 1. The van der Waals surface area contributed by atoms with Crippen molar-refractivity contribution in [3.05, 3.63) is 35.9 Å². The molecule has 0 saturated heterocycles. The number of benzene rings is 1. The number of nitrogens with one attached hydrogen (secondary N) is 2. The van der Waals surface area contributed by atoms with Crippen LogP contribution in [0.1, 0.15) is 26.3 Å². The normalized spacial score (nSPS) is 12.7. The molecule has 1 aromatic carbocycles. The zero-order chi connectivity index (χ0) is 15.5. The number of aliphatic hydroxyl groups is 1. The molecule has 0 aliphatic heterocycles. The SMILES string of the molecule is CCNC(=NCC(O)COCc1ccccc1)NC(C)C.I. The Morgan fingerprint density at radius 3 is 2.55 bits per heavy atom. The van der Waals surface area contributed by atoms with Crippen molar-refractivity contribution in [3.63, 3.8) is 0 Å². The maximum absolute atomic E-state index is 9.89. The van der Waals surface area contributed by atoms with Gasteiger partial charge in [-0.3, -0.25) is 4.99 Å². The van der Waals surface area contributed by atoms with Crippen molar-refractivity contribution in [1.82, 2.24) is 10.6 Å². The van der Waals surface area contributed by atoms with Crippen LogP contribution >= 0.6 is 24.0 Å². The number of nitrogens with zero attached hydrogens (tertiary/aromatic N) is 1. The average molecular weight is 421 g/mol. The van der Waals surface area contributed by atoms with Crippen molar-refractivity contribution in [2.45, 2.75) is 39.5 Å². The number of aliphatic hydroxyl groups excluding tert-OH is 1. The van der Waals surface area contributed by atoms with Crippen molar-refractivity contribution in [3.8, 4) is 0 Å². The molecule has 0 fully saturated rings. The fourth-order valence-electron chi connectivity index (χ4n) is 1.73. The summed E-state index contributed by atoms with van der Waals surface area (Å²) in [6, 6.07) is 10.2. The van der Waals surface area contributed by atoms with Crippen molar-refractivity contribution < 1.29 is 9.84 Å². The van der Waals surface area contributed by atoms with E-state index in [9.17, 15) is 5.11 Å². The van der Waals surface area contributed by atoms with Gasteiger partial charge in [-0.2, -0.15) is 0 Å². The van der Waals surface area contributed by atoms with E-state index in [0.717, 1.165) is 18.1 Å². The predicted molar refractivity (Wildman–Crippen MR) is 102 cm³/mol. The topological polar surface area (TPSA) is 65.9 Å². The Labute approximate surface area is 150 Å². The van der Waals surface area contributed by atoms with Crippen molar-refractivity contribution in [1.29, 1.82) is 0 Å². The van der Waals surface area contributed by atoms with E-state index in [4.69, 9.17) is 4.74 Å². The van der Waals surface area contributed by atoms with Crippen molar-refractivity contribution in [2.24, 2.45) is 4.99 Å². The largest absolute Gasteiger partial charge is 0.389 e. The molecule has 0 saturated carbocycles. The van der Waals surface area contributed by atoms with Crippen LogP contribution in [0.25, 0.3) is 0 Å². The zero-order valence-corrected chi connectivity index (χ0v) is 15.9. The lowest BCUT2D eigenvalue weighted by Crippen LogP contribution is -2.41. The first-order valence-electron chi connectivity index (χ1n) is 7.46. The molecule has 1 rings (SSSR count). The zero-order valence-electron chi connectivity index (χ0n) is 13.6. The molecule has 0 bridgehead atoms. The number of guanidine groups is 1. The molecule has 1 unspecified atom stereocenters. The van der Waals surface area contributed by atoms with Gasteiger partial charge in [0.15, 0.2) is 5.96 Å². The fraction of sp³-hybridized carbons (Fsp3) is 0.562. The molecule has 5 nitrogen and oxygen atoms in total. The average Bonchev–Trinajstić information content (AvgIpc) is 2.45. The summed E-state index contributed by atoms with van der Waals surface area (Å²) >= 11 is 0. The van der Waals surface area contributed by atoms with Gasteiger partial charge in [0.2, 0.25) is 0 Å². The van der Waals surface area contributed by atoms with Crippen LogP contribution in [0.4, 0.5) is 0 Å². The highest BCUT2D eigenvalue weighted by Crippen LogP contribution is 2.01. The van der Waals surface area contributed by atoms with E-state index in [0.29, 0.717) is 19.2 Å². The standard InChI is InChI=1S/C16H27N3O2.HI/c1-4-17-16(19-13(2)3)18-10-15(20)12-21-11-14-8-6-5-7-9-14;/h5-9,13,15,20H,4,10-12H2,1-3H3,(H2,17,18,19);1H. The Hall–Kier alpha value is -0.860. The summed E-state index contributed by atoms with van der Waals surface area (Å²) in [6.45, 7) is 8.00. The summed E-state index contributed by atoms with van der Waals surface area (Å²) in [5, 5.41) is 16.2. The van der Waals surface area contributed by atoms with Crippen LogP contribution in [0.2, 0.25) is 0 Å². The van der Waals surface area contributed by atoms with Gasteiger partial charge >= 0.3 is 0 Å². The highest BCUT2D eigenvalue weighted by Gasteiger charge is 2.05. The third-order valence-corrected chi connectivity index (χ3v) is 2.65. The van der Waals surface area contributed by atoms with E-state index in [2.05, 4.69) is 15.6 Å². The number of rotatable bonds is 8. The van der Waals surface area contributed by atoms with Crippen LogP contribution in [0.3, 0.4) is 0 Å². The second kappa shape index (κ2) is 12.7. The fourth-order valence-corrected chi connectivity index (χ4v) is 1.73. The van der Waals surface area contributed by atoms with E-state index in [1.807, 2.05) is 51.1 Å². The van der Waals surface area contributed by atoms with Crippen LogP contribution in [0.5, 0.6) is 0 Å². The Bertz CT molecular complexity index is 413. The summed E-state index contributed by atoms with van der Waals surface area (Å²) in [5.74, 6) is 0.717. The maximum atomic E-state index is 9.89. The summed E-state index contributed by atoms with van der Waals surface area (Å²) < 4.78 is 5.49. The second-order valence-corrected chi connectivity index (χ2v) is 5.17. The van der Waals surface area contributed by atoms with Crippen molar-refractivity contribution in [2.75, 3.05) is 19.7 Å². The van der Waals surface area contributed by atoms with Gasteiger partial charge in [-0.25, -0.2) is 0 Å². The van der Waals surface area contributed by atoms with E-state index < -0.39 is 6.10 Å². The first kappa shape index (κ1) is 21.1. The highest BCUT2D eigenvalue weighted by atomic mass is 127. The minimum absolute atomic E-state index is 0. The summed E-state index contributed by atoms with van der Waals surface area (Å²) in [6.07, 6.45) is -0.601. The Balaban J connectivity index is 0.00000441. The van der Waals surface area contributed by atoms with E-state index in [1.54, 1.807) is 0 Å². The first-order chi connectivity index (χ1) is 10.1. The van der Waals surface area contributed by atoms with Gasteiger partial charge in [0.1, 0.15) is 0 Å². The molecule has 0 heterocycles. The number of hydrogen-bond acceptors (Lipinski definition) is 3. The molecule has 126 valence electrons. The summed E-state index contributed by atoms with van der Waals surface area (Å²) in [5.41, 5.74) is 1.10. The lowest BCUT2D eigenvalue weighted by Gasteiger charge is -2.15. The lowest BCUT2D eigenvalue weighted by atomic mass is 10.2. The first-order valence-corrected chi connectivity index (χ1v) is 7.46. The minimum Gasteiger partial charge on any atom is -0.389 e. The van der Waals surface area contributed by atoms with Gasteiger partial charge in [-0.15, -0.1) is 24.0 Å². The molecule has 0 amide bonds. The Morgan fingerprint density at radius 1 is 1.27 bits per heavy atom. The number of halogens is 1. The van der Waals surface area contributed by atoms with Gasteiger partial charge in [0, 0.05) is 12.6 Å². The number of ether oxygens (including phenoxy) is 1. The molecule has 1 atom stereocenters. The quantitative estimate of drug-likeness (QED) is 0.342. The smallest absolute Gasteiger partial charge is 0.191 e. The molecule has 22 heavy (non-hydrogen) atoms. The monoisotopic (exact) mass is 421 g/mol. The van der Waals surface area contributed by atoms with Gasteiger partial charge < -0.3 is 20.5 Å². The van der Waals surface area contributed by atoms with Gasteiger partial charge in [-0.1, -0.05) is 30.3 Å². The molecule has 3 N–H and O–H groups in total. The van der Waals surface area contributed by atoms with Gasteiger partial charge in [0.05, 0.1) is 25.9 Å². The summed E-state index contributed by atoms with van der Waals surface area (Å²) in [4.78, 5) is 4.34. The molecule has 0 aliphatic carbocycles. The molecule has 6 heteroatoms.